The number of carbonyl (C=O) groups excluding carboxylic acids is 2. The first-order chi connectivity index (χ1) is 20.4. The van der Waals surface area contributed by atoms with E-state index in [1.807, 2.05) is 0 Å². The number of alkyl halides is 2. The molecule has 5 rings (SSSR count). The van der Waals surface area contributed by atoms with Gasteiger partial charge in [-0.15, -0.1) is 0 Å². The van der Waals surface area contributed by atoms with Gasteiger partial charge in [-0.1, -0.05) is 11.6 Å². The number of hydrogen-bond donors (Lipinski definition) is 3. The number of halogens is 5. The highest BCUT2D eigenvalue weighted by atomic mass is 35.5. The number of nitrogens with two attached hydrogens (primary N) is 2. The topological polar surface area (TPSA) is 133 Å². The molecule has 0 aliphatic heterocycles. The molecular weight excluding hydrogens is 590 g/mol. The number of aliphatic imine (C=N–C) groups is 1. The SMILES string of the molecule is COc1cc(C(=O)NCC(c2cc(C3(C(N)=O)CC3)cc(-c3cc(Cl)c(F)cc3F)n2)C2CC2)cc(/C=N/C(F)F)c1N. The van der Waals surface area contributed by atoms with Gasteiger partial charge in [-0.25, -0.2) is 13.8 Å². The van der Waals surface area contributed by atoms with E-state index in [1.165, 1.54) is 19.2 Å². The lowest BCUT2D eigenvalue weighted by atomic mass is 9.89. The first-order valence-corrected chi connectivity index (χ1v) is 13.9. The van der Waals surface area contributed by atoms with Crippen LogP contribution in [-0.2, 0) is 10.2 Å². The van der Waals surface area contributed by atoms with E-state index in [-0.39, 0.29) is 57.2 Å². The molecule has 0 saturated heterocycles. The van der Waals surface area contributed by atoms with Crippen molar-refractivity contribution in [2.45, 2.75) is 43.6 Å². The molecule has 1 heterocycles. The van der Waals surface area contributed by atoms with Gasteiger partial charge in [0.05, 0.1) is 28.9 Å². The molecule has 0 radical (unpaired) electrons. The van der Waals surface area contributed by atoms with Crippen molar-refractivity contribution < 1.29 is 31.9 Å². The lowest BCUT2D eigenvalue weighted by molar-refractivity contribution is -0.120. The van der Waals surface area contributed by atoms with Crippen LogP contribution in [0.15, 0.2) is 41.4 Å². The fraction of sp³-hybridized carbons (Fsp3) is 0.333. The Labute approximate surface area is 249 Å². The van der Waals surface area contributed by atoms with Crippen LogP contribution in [0.25, 0.3) is 11.3 Å². The zero-order valence-corrected chi connectivity index (χ0v) is 23.7. The van der Waals surface area contributed by atoms with E-state index < -0.39 is 35.4 Å². The van der Waals surface area contributed by atoms with Gasteiger partial charge in [0.15, 0.2) is 0 Å². The van der Waals surface area contributed by atoms with Gasteiger partial charge in [-0.3, -0.25) is 14.6 Å². The third-order valence-corrected chi connectivity index (χ3v) is 8.23. The molecule has 0 bridgehead atoms. The Hall–Kier alpha value is -4.19. The number of pyridine rings is 1. The summed E-state index contributed by atoms with van der Waals surface area (Å²) in [4.78, 5) is 33.4. The van der Waals surface area contributed by atoms with Crippen molar-refractivity contribution in [3.63, 3.8) is 0 Å². The average molecular weight is 618 g/mol. The lowest BCUT2D eigenvalue weighted by Gasteiger charge is -2.21. The minimum Gasteiger partial charge on any atom is -0.495 e. The van der Waals surface area contributed by atoms with Crippen molar-refractivity contribution in [1.29, 1.82) is 0 Å². The summed E-state index contributed by atoms with van der Waals surface area (Å²) >= 11 is 5.96. The summed E-state index contributed by atoms with van der Waals surface area (Å²) in [6.07, 6.45) is 3.60. The number of ether oxygens (including phenoxy) is 1. The van der Waals surface area contributed by atoms with Crippen molar-refractivity contribution >= 4 is 35.3 Å². The largest absolute Gasteiger partial charge is 0.495 e. The Kier molecular flexibility index (Phi) is 8.33. The molecule has 2 fully saturated rings. The van der Waals surface area contributed by atoms with Crippen LogP contribution >= 0.6 is 11.6 Å². The summed E-state index contributed by atoms with van der Waals surface area (Å²) in [5.41, 5.74) is 12.2. The summed E-state index contributed by atoms with van der Waals surface area (Å²) in [6, 6.07) is 7.85. The third kappa shape index (κ3) is 6.29. The Bertz CT molecular complexity index is 1630. The van der Waals surface area contributed by atoms with E-state index in [4.69, 9.17) is 32.8 Å². The van der Waals surface area contributed by atoms with E-state index in [2.05, 4.69) is 10.3 Å². The van der Waals surface area contributed by atoms with Crippen LogP contribution in [0.4, 0.5) is 23.2 Å². The molecule has 1 aromatic heterocycles. The number of amides is 2. The molecule has 0 spiro atoms. The van der Waals surface area contributed by atoms with Gasteiger partial charge >= 0.3 is 6.55 Å². The standard InChI is InChI=1S/C30H28ClF4N5O3/c1-43-25-7-15(6-16(26(25)36)12-39-29(34)35)27(41)38-13-19(14-2-3-14)24-9-17(30(4-5-30)28(37)42)8-23(40-24)18-10-20(31)22(33)11-21(18)32/h6-12,14,19,29H,2-5,13,36H2,1H3,(H2,37,42)(H,38,41)/b39-12+. The number of nitrogen functional groups attached to an aromatic ring is 1. The zero-order chi connectivity index (χ0) is 31.1. The second-order valence-electron chi connectivity index (χ2n) is 10.7. The molecular formula is C30H28ClF4N5O3. The highest BCUT2D eigenvalue weighted by molar-refractivity contribution is 6.31. The maximum absolute atomic E-state index is 14.9. The van der Waals surface area contributed by atoms with Crippen molar-refractivity contribution in [2.75, 3.05) is 19.4 Å². The van der Waals surface area contributed by atoms with Crippen LogP contribution in [0.3, 0.4) is 0 Å². The van der Waals surface area contributed by atoms with E-state index in [0.29, 0.717) is 30.2 Å². The summed E-state index contributed by atoms with van der Waals surface area (Å²) in [6.45, 7) is -2.85. The van der Waals surface area contributed by atoms with E-state index in [9.17, 15) is 27.2 Å². The Morgan fingerprint density at radius 2 is 1.88 bits per heavy atom. The number of methoxy groups -OCH3 is 1. The summed E-state index contributed by atoms with van der Waals surface area (Å²) in [5.74, 6) is -2.93. The molecule has 8 nitrogen and oxygen atoms in total. The molecule has 3 aromatic rings. The summed E-state index contributed by atoms with van der Waals surface area (Å²) < 4.78 is 59.4. The fourth-order valence-electron chi connectivity index (χ4n) is 5.18. The van der Waals surface area contributed by atoms with Crippen LogP contribution in [0.5, 0.6) is 5.75 Å². The lowest BCUT2D eigenvalue weighted by Crippen LogP contribution is -2.31. The van der Waals surface area contributed by atoms with Gasteiger partial charge in [0.1, 0.15) is 17.4 Å². The Balaban J connectivity index is 1.49. The summed E-state index contributed by atoms with van der Waals surface area (Å²) in [5, 5.41) is 2.57. The normalized spacial score (nSPS) is 16.3. The van der Waals surface area contributed by atoms with Gasteiger partial charge in [0.25, 0.3) is 5.91 Å². The molecule has 5 N–H and O–H groups in total. The maximum atomic E-state index is 14.9. The zero-order valence-electron chi connectivity index (χ0n) is 23.0. The Morgan fingerprint density at radius 3 is 2.49 bits per heavy atom. The number of nitrogens with one attached hydrogen (secondary N) is 1. The van der Waals surface area contributed by atoms with Gasteiger partial charge in [0, 0.05) is 47.1 Å². The van der Waals surface area contributed by atoms with Crippen molar-refractivity contribution in [1.82, 2.24) is 10.3 Å². The van der Waals surface area contributed by atoms with Crippen LogP contribution < -0.4 is 21.5 Å². The second-order valence-corrected chi connectivity index (χ2v) is 11.2. The predicted octanol–water partition coefficient (Wildman–Crippen LogP) is 5.35. The van der Waals surface area contributed by atoms with Gasteiger partial charge in [-0.05, 0) is 67.5 Å². The number of benzene rings is 2. The van der Waals surface area contributed by atoms with Crippen molar-refractivity contribution in [3.05, 3.63) is 75.4 Å². The van der Waals surface area contributed by atoms with Crippen LogP contribution in [0.2, 0.25) is 5.02 Å². The van der Waals surface area contributed by atoms with Crippen LogP contribution in [0.1, 0.15) is 58.8 Å². The molecule has 13 heteroatoms. The third-order valence-electron chi connectivity index (χ3n) is 7.94. The number of hydrogen-bond acceptors (Lipinski definition) is 6. The smallest absolute Gasteiger partial charge is 0.331 e. The number of rotatable bonds is 11. The van der Waals surface area contributed by atoms with Gasteiger partial charge < -0.3 is 21.5 Å². The number of carbonyl (C=O) groups is 2. The maximum Gasteiger partial charge on any atom is 0.331 e. The van der Waals surface area contributed by atoms with Gasteiger partial charge in [0.2, 0.25) is 5.91 Å². The van der Waals surface area contributed by atoms with Crippen molar-refractivity contribution in [2.24, 2.45) is 16.6 Å². The Morgan fingerprint density at radius 1 is 1.16 bits per heavy atom. The highest BCUT2D eigenvalue weighted by Crippen LogP contribution is 2.50. The van der Waals surface area contributed by atoms with E-state index in [0.717, 1.165) is 25.1 Å². The molecule has 2 amide bonds. The van der Waals surface area contributed by atoms with Gasteiger partial charge in [-0.2, -0.15) is 8.78 Å². The molecule has 1 atom stereocenters. The molecule has 2 aliphatic rings. The molecule has 226 valence electrons. The minimum absolute atomic E-state index is 0.0414. The average Bonchev–Trinajstić information content (AvgIpc) is 3.89. The number of primary amides is 1. The number of aromatic nitrogens is 1. The molecule has 2 saturated carbocycles. The van der Waals surface area contributed by atoms with Crippen LogP contribution in [0, 0.1) is 17.6 Å². The molecule has 43 heavy (non-hydrogen) atoms. The first-order valence-electron chi connectivity index (χ1n) is 13.5. The molecule has 2 aliphatic carbocycles. The predicted molar refractivity (Wildman–Crippen MR) is 154 cm³/mol. The minimum atomic E-state index is -2.96. The first kappa shape index (κ1) is 30.3. The van der Waals surface area contributed by atoms with E-state index >= 15 is 0 Å². The molecule has 2 aromatic carbocycles. The highest BCUT2D eigenvalue weighted by Gasteiger charge is 2.50. The molecule has 1 unspecified atom stereocenters. The quantitative estimate of drug-likeness (QED) is 0.0877. The number of nitrogens with zero attached hydrogens (tertiary/aromatic N) is 2. The monoisotopic (exact) mass is 617 g/mol. The second kappa shape index (κ2) is 11.8. The summed E-state index contributed by atoms with van der Waals surface area (Å²) in [7, 11) is 1.33. The van der Waals surface area contributed by atoms with Crippen molar-refractivity contribution in [3.8, 4) is 17.0 Å². The van der Waals surface area contributed by atoms with Crippen LogP contribution in [-0.4, -0.2) is 43.2 Å². The fourth-order valence-corrected chi connectivity index (χ4v) is 5.35. The van der Waals surface area contributed by atoms with E-state index in [1.54, 1.807) is 12.1 Å². The number of anilines is 1.